The molecule has 0 radical (unpaired) electrons. The van der Waals surface area contributed by atoms with Crippen molar-refractivity contribution in [2.45, 2.75) is 65.9 Å². The molecule has 0 saturated heterocycles. The van der Waals surface area contributed by atoms with Gasteiger partial charge in [-0.2, -0.15) is 0 Å². The van der Waals surface area contributed by atoms with Crippen molar-refractivity contribution in [3.8, 4) is 0 Å². The largest absolute Gasteiger partial charge is 0.469 e. The van der Waals surface area contributed by atoms with Crippen molar-refractivity contribution in [1.29, 1.82) is 0 Å². The van der Waals surface area contributed by atoms with Crippen molar-refractivity contribution in [3.05, 3.63) is 64.2 Å². The fourth-order valence-corrected chi connectivity index (χ4v) is 3.97. The molecule has 0 bridgehead atoms. The number of nitrogens with one attached hydrogen (secondary N) is 1. The van der Waals surface area contributed by atoms with Crippen molar-refractivity contribution >= 4 is 29.7 Å². The second-order valence-corrected chi connectivity index (χ2v) is 10.3. The average Bonchev–Trinajstić information content (AvgIpc) is 2.98. The van der Waals surface area contributed by atoms with Crippen molar-refractivity contribution in [2.24, 2.45) is 0 Å². The highest BCUT2D eigenvalue weighted by molar-refractivity contribution is 5.86. The Balaban J connectivity index is 0. The number of carbonyl (C=O) groups is 4. The van der Waals surface area contributed by atoms with Crippen molar-refractivity contribution in [3.63, 3.8) is 0 Å². The highest BCUT2D eigenvalue weighted by Crippen LogP contribution is 2.18. The Kier molecular flexibility index (Phi) is 24.0. The number of rotatable bonds is 19. The van der Waals surface area contributed by atoms with E-state index >= 15 is 0 Å². The molecule has 10 N–H and O–H groups in total. The van der Waals surface area contributed by atoms with Crippen LogP contribution in [-0.2, 0) is 62.1 Å². The predicted molar refractivity (Wildman–Crippen MR) is 179 cm³/mol. The van der Waals surface area contributed by atoms with Crippen LogP contribution in [0.5, 0.6) is 0 Å². The molecule has 0 saturated carbocycles. The lowest BCUT2D eigenvalue weighted by Crippen LogP contribution is -2.22. The zero-order chi connectivity index (χ0) is 32.3. The molecule has 0 heterocycles. The number of hydrogen-bond acceptors (Lipinski definition) is 13. The minimum absolute atomic E-state index is 0. The quantitative estimate of drug-likeness (QED) is 0.0862. The number of carbonyl (C=O) groups excluding carboxylic acids is 4. The molecule has 0 fully saturated rings. The minimum Gasteiger partial charge on any atom is -0.469 e. The lowest BCUT2D eigenvalue weighted by molar-refractivity contribution is -0.145. The number of benzene rings is 2. The monoisotopic (exact) mass is 666 g/mol. The molecule has 0 aliphatic rings. The van der Waals surface area contributed by atoms with Crippen LogP contribution in [0.3, 0.4) is 0 Å². The molecule has 1 amide bonds. The lowest BCUT2D eigenvalue weighted by Gasteiger charge is -2.14. The summed E-state index contributed by atoms with van der Waals surface area (Å²) in [5, 5.41) is 2.67. The van der Waals surface area contributed by atoms with E-state index in [-0.39, 0.29) is 94.8 Å². The fraction of sp³-hybridized carbons (Fsp3) is 0.515. The zero-order valence-corrected chi connectivity index (χ0v) is 28.5. The number of esters is 3. The van der Waals surface area contributed by atoms with Crippen LogP contribution in [-0.4, -0.2) is 76.9 Å². The van der Waals surface area contributed by atoms with E-state index in [0.29, 0.717) is 17.9 Å². The summed E-state index contributed by atoms with van der Waals surface area (Å²) in [5.41, 5.74) is 4.63. The Labute approximate surface area is 277 Å². The van der Waals surface area contributed by atoms with Gasteiger partial charge < -0.3 is 46.9 Å². The Hall–Kier alpha value is -4.08. The summed E-state index contributed by atoms with van der Waals surface area (Å²) >= 11 is 0. The third kappa shape index (κ3) is 18.6. The maximum absolute atomic E-state index is 12.3. The van der Waals surface area contributed by atoms with Crippen LogP contribution in [0.1, 0.15) is 54.5 Å². The van der Waals surface area contributed by atoms with Crippen LogP contribution in [0.4, 0.5) is 10.5 Å². The van der Waals surface area contributed by atoms with E-state index < -0.39 is 6.09 Å². The summed E-state index contributed by atoms with van der Waals surface area (Å²) < 4.78 is 31.5. The van der Waals surface area contributed by atoms with Gasteiger partial charge in [-0.25, -0.2) is 4.79 Å². The molecule has 2 rings (SSSR count). The summed E-state index contributed by atoms with van der Waals surface area (Å²) in [6.07, 6.45) is 1.24. The van der Waals surface area contributed by atoms with E-state index in [1.54, 1.807) is 18.2 Å². The molecule has 47 heavy (non-hydrogen) atoms. The van der Waals surface area contributed by atoms with Gasteiger partial charge in [0.25, 0.3) is 0 Å². The highest BCUT2D eigenvalue weighted by atomic mass is 16.6. The van der Waals surface area contributed by atoms with Gasteiger partial charge in [0.2, 0.25) is 0 Å². The van der Waals surface area contributed by atoms with E-state index in [4.69, 9.17) is 23.7 Å². The Morgan fingerprint density at radius 1 is 0.723 bits per heavy atom. The minimum atomic E-state index is -0.635. The molecular weight excluding hydrogens is 612 g/mol. The number of unbranched alkanes of at least 4 members (excludes halogenated alkanes) is 1. The van der Waals surface area contributed by atoms with Gasteiger partial charge in [-0.1, -0.05) is 43.7 Å². The topological polar surface area (TPSA) is 241 Å². The van der Waals surface area contributed by atoms with E-state index in [2.05, 4.69) is 10.1 Å². The normalized spacial score (nSPS) is 10.7. The van der Waals surface area contributed by atoms with Gasteiger partial charge in [0.15, 0.2) is 0 Å². The van der Waals surface area contributed by atoms with Gasteiger partial charge in [0, 0.05) is 5.69 Å². The van der Waals surface area contributed by atoms with Gasteiger partial charge in [-0.15, -0.1) is 0 Å². The van der Waals surface area contributed by atoms with Gasteiger partial charge in [-0.3, -0.25) is 19.7 Å². The number of methoxy groups -OCH3 is 1. The first kappa shape index (κ1) is 45.0. The summed E-state index contributed by atoms with van der Waals surface area (Å²) in [6, 6.07) is 10.9. The molecule has 0 spiro atoms. The summed E-state index contributed by atoms with van der Waals surface area (Å²) in [4.78, 5) is 48.0. The standard InChI is InChI=1S/C33H45NO10.3H3N/c1-6-7-12-42-32(37)21-28-17-26(10-8-23(28)2)20-31(36)43-14-13-40-22-25(4)41-15-16-44-33(38)34-29-18-27(11-9-24(29)3)19-30(35)39-5;;;/h8-11,17-18,25H,6-7,12-16,19-22H2,1-5H3,(H,34,38);3*1H3. The molecule has 2 aromatic carbocycles. The number of anilines is 1. The third-order valence-corrected chi connectivity index (χ3v) is 6.53. The molecular formula is C33H54N4O10. The van der Waals surface area contributed by atoms with E-state index in [0.717, 1.165) is 35.1 Å². The lowest BCUT2D eigenvalue weighted by atomic mass is 10.0. The van der Waals surface area contributed by atoms with Crippen LogP contribution in [0.2, 0.25) is 0 Å². The van der Waals surface area contributed by atoms with E-state index in [9.17, 15) is 19.2 Å². The summed E-state index contributed by atoms with van der Waals surface area (Å²) in [6.45, 7) is 8.79. The molecule has 0 aliphatic heterocycles. The molecule has 266 valence electrons. The Morgan fingerprint density at radius 2 is 1.32 bits per heavy atom. The second kappa shape index (κ2) is 25.1. The smallest absolute Gasteiger partial charge is 0.411 e. The predicted octanol–water partition coefficient (Wildman–Crippen LogP) is 5.15. The van der Waals surface area contributed by atoms with Crippen molar-refractivity contribution in [1.82, 2.24) is 18.5 Å². The molecule has 1 unspecified atom stereocenters. The maximum atomic E-state index is 12.3. The highest BCUT2D eigenvalue weighted by Gasteiger charge is 2.12. The van der Waals surface area contributed by atoms with E-state index in [1.165, 1.54) is 7.11 Å². The SMILES string of the molecule is CCCCOC(=O)Cc1cc(CC(=O)OCCOCC(C)OCCOC(=O)Nc2cc(CC(=O)OC)ccc2C)ccc1C.N.N.N. The number of amides is 1. The second-order valence-electron chi connectivity index (χ2n) is 10.3. The molecule has 1 atom stereocenters. The zero-order valence-electron chi connectivity index (χ0n) is 28.5. The van der Waals surface area contributed by atoms with Crippen LogP contribution in [0.15, 0.2) is 36.4 Å². The molecule has 2 aromatic rings. The van der Waals surface area contributed by atoms with E-state index in [1.807, 2.05) is 45.9 Å². The van der Waals surface area contributed by atoms with Gasteiger partial charge in [-0.05, 0) is 61.1 Å². The fourth-order valence-electron chi connectivity index (χ4n) is 3.97. The van der Waals surface area contributed by atoms with Crippen LogP contribution >= 0.6 is 0 Å². The summed E-state index contributed by atoms with van der Waals surface area (Å²) in [5.74, 6) is -1.04. The summed E-state index contributed by atoms with van der Waals surface area (Å²) in [7, 11) is 1.32. The first-order valence-corrected chi connectivity index (χ1v) is 14.8. The number of ether oxygens (including phenoxy) is 6. The van der Waals surface area contributed by atoms with Crippen LogP contribution in [0.25, 0.3) is 0 Å². The Morgan fingerprint density at radius 3 is 2.00 bits per heavy atom. The maximum Gasteiger partial charge on any atom is 0.411 e. The first-order valence-electron chi connectivity index (χ1n) is 14.8. The number of aryl methyl sites for hydroxylation is 2. The molecule has 14 heteroatoms. The molecule has 0 aromatic heterocycles. The average molecular weight is 667 g/mol. The third-order valence-electron chi connectivity index (χ3n) is 6.53. The van der Waals surface area contributed by atoms with Gasteiger partial charge in [0.1, 0.15) is 13.2 Å². The van der Waals surface area contributed by atoms with Crippen molar-refractivity contribution in [2.75, 3.05) is 52.1 Å². The van der Waals surface area contributed by atoms with Crippen LogP contribution < -0.4 is 23.8 Å². The molecule has 0 aliphatic carbocycles. The molecule has 14 nitrogen and oxygen atoms in total. The first-order chi connectivity index (χ1) is 21.1. The van der Waals surface area contributed by atoms with Gasteiger partial charge >= 0.3 is 24.0 Å². The van der Waals surface area contributed by atoms with Gasteiger partial charge in [0.05, 0.1) is 58.9 Å². The Bertz CT molecular complexity index is 1240. The van der Waals surface area contributed by atoms with Crippen LogP contribution in [0, 0.1) is 13.8 Å². The van der Waals surface area contributed by atoms with Crippen molar-refractivity contribution < 1.29 is 47.6 Å². The number of hydrogen-bond donors (Lipinski definition) is 4.